The van der Waals surface area contributed by atoms with Gasteiger partial charge in [-0.1, -0.05) is 107 Å². The fraction of sp³-hybridized carbons (Fsp3) is 0.415. The van der Waals surface area contributed by atoms with Crippen molar-refractivity contribution in [1.82, 2.24) is 0 Å². The first-order chi connectivity index (χ1) is 23.8. The summed E-state index contributed by atoms with van der Waals surface area (Å²) < 4.78 is 21.3. The molecular formula is C41H50O8. The monoisotopic (exact) mass is 670 g/mol. The van der Waals surface area contributed by atoms with Crippen LogP contribution < -0.4 is 9.47 Å². The molecule has 49 heavy (non-hydrogen) atoms. The number of rotatable bonds is 19. The first kappa shape index (κ1) is 37.4. The molecule has 1 saturated carbocycles. The van der Waals surface area contributed by atoms with E-state index in [1.807, 2.05) is 12.1 Å². The van der Waals surface area contributed by atoms with Crippen molar-refractivity contribution in [1.29, 1.82) is 0 Å². The highest BCUT2D eigenvalue weighted by atomic mass is 16.7. The number of aliphatic hydroxyl groups is 2. The van der Waals surface area contributed by atoms with Crippen LogP contribution in [-0.2, 0) is 19.1 Å². The van der Waals surface area contributed by atoms with E-state index in [1.54, 1.807) is 18.2 Å². The van der Waals surface area contributed by atoms with E-state index in [0.717, 1.165) is 28.2 Å². The fourth-order valence-electron chi connectivity index (χ4n) is 6.16. The minimum atomic E-state index is -0.773. The van der Waals surface area contributed by atoms with Crippen molar-refractivity contribution < 1.29 is 38.7 Å². The van der Waals surface area contributed by atoms with Crippen molar-refractivity contribution >= 4 is 11.9 Å². The predicted octanol–water partition coefficient (Wildman–Crippen LogP) is 8.51. The quantitative estimate of drug-likeness (QED) is 0.0565. The van der Waals surface area contributed by atoms with Gasteiger partial charge in [0.05, 0.1) is 24.4 Å². The summed E-state index contributed by atoms with van der Waals surface area (Å²) in [4.78, 5) is 23.7. The smallest absolute Gasteiger partial charge is 0.338 e. The lowest BCUT2D eigenvalue weighted by Gasteiger charge is -2.29. The third-order valence-electron chi connectivity index (χ3n) is 9.17. The SMILES string of the molecule is C=C(CO)C(=O)OCOc1cc(OCOC(=O)C(=C)CO)cc(-c2ccc(-c3ccc(C4CCC(CCCCCCC)CC4)cc3)cc2)c1. The molecule has 0 aliphatic heterocycles. The first-order valence-corrected chi connectivity index (χ1v) is 17.3. The number of hydrogen-bond donors (Lipinski definition) is 2. The summed E-state index contributed by atoms with van der Waals surface area (Å²) in [6.45, 7) is 7.28. The van der Waals surface area contributed by atoms with E-state index in [1.165, 1.54) is 69.8 Å². The topological polar surface area (TPSA) is 112 Å². The maximum atomic E-state index is 11.9. The van der Waals surface area contributed by atoms with Crippen LogP contribution in [0.25, 0.3) is 22.3 Å². The molecule has 3 aromatic carbocycles. The van der Waals surface area contributed by atoms with Gasteiger partial charge in [0, 0.05) is 6.07 Å². The molecule has 0 saturated heterocycles. The van der Waals surface area contributed by atoms with Crippen molar-refractivity contribution in [2.75, 3.05) is 26.8 Å². The minimum absolute atomic E-state index is 0.0895. The third kappa shape index (κ3) is 11.6. The molecule has 8 nitrogen and oxygen atoms in total. The van der Waals surface area contributed by atoms with Gasteiger partial charge in [-0.2, -0.15) is 0 Å². The lowest BCUT2D eigenvalue weighted by Crippen LogP contribution is -2.14. The van der Waals surface area contributed by atoms with Gasteiger partial charge in [0.25, 0.3) is 0 Å². The van der Waals surface area contributed by atoms with Gasteiger partial charge >= 0.3 is 11.9 Å². The summed E-state index contributed by atoms with van der Waals surface area (Å²) >= 11 is 0. The Morgan fingerprint density at radius 2 is 1.12 bits per heavy atom. The zero-order chi connectivity index (χ0) is 35.0. The molecule has 0 unspecified atom stereocenters. The molecule has 8 heteroatoms. The van der Waals surface area contributed by atoms with Gasteiger partial charge in [-0.3, -0.25) is 0 Å². The van der Waals surface area contributed by atoms with E-state index < -0.39 is 38.7 Å². The third-order valence-corrected chi connectivity index (χ3v) is 9.17. The van der Waals surface area contributed by atoms with Gasteiger partial charge in [0.1, 0.15) is 11.5 Å². The largest absolute Gasteiger partial charge is 0.457 e. The molecule has 0 bridgehead atoms. The van der Waals surface area contributed by atoms with Gasteiger partial charge in [-0.05, 0) is 77.5 Å². The van der Waals surface area contributed by atoms with Gasteiger partial charge in [-0.15, -0.1) is 0 Å². The second-order valence-electron chi connectivity index (χ2n) is 12.7. The molecule has 1 fully saturated rings. The van der Waals surface area contributed by atoms with Crippen molar-refractivity contribution in [3.8, 4) is 33.8 Å². The Bertz CT molecular complexity index is 1470. The summed E-state index contributed by atoms with van der Waals surface area (Å²) in [5.41, 5.74) is 5.13. The van der Waals surface area contributed by atoms with Gasteiger partial charge in [0.2, 0.25) is 13.6 Å². The predicted molar refractivity (Wildman–Crippen MR) is 191 cm³/mol. The molecule has 0 radical (unpaired) electrons. The number of carbonyl (C=O) groups is 2. The molecule has 1 aliphatic carbocycles. The summed E-state index contributed by atoms with van der Waals surface area (Å²) in [6.07, 6.45) is 13.5. The maximum Gasteiger partial charge on any atom is 0.338 e. The van der Waals surface area contributed by atoms with Crippen LogP contribution in [-0.4, -0.2) is 49.0 Å². The Hall–Kier alpha value is -4.40. The van der Waals surface area contributed by atoms with Gasteiger partial charge in [0.15, 0.2) is 0 Å². The van der Waals surface area contributed by atoms with E-state index in [4.69, 9.17) is 29.2 Å². The highest BCUT2D eigenvalue weighted by molar-refractivity contribution is 5.88. The van der Waals surface area contributed by atoms with E-state index in [2.05, 4.69) is 56.5 Å². The second-order valence-corrected chi connectivity index (χ2v) is 12.7. The fourth-order valence-corrected chi connectivity index (χ4v) is 6.16. The molecule has 0 spiro atoms. The zero-order valence-electron chi connectivity index (χ0n) is 28.7. The highest BCUT2D eigenvalue weighted by Gasteiger charge is 2.22. The summed E-state index contributed by atoms with van der Waals surface area (Å²) in [7, 11) is 0. The van der Waals surface area contributed by atoms with Crippen LogP contribution in [0.2, 0.25) is 0 Å². The summed E-state index contributed by atoms with van der Waals surface area (Å²) in [5, 5.41) is 18.2. The number of esters is 2. The number of aliphatic hydroxyl groups excluding tert-OH is 2. The number of ether oxygens (including phenoxy) is 4. The molecule has 1 aliphatic rings. The Labute approximate surface area is 290 Å². The normalized spacial score (nSPS) is 15.7. The molecule has 2 N–H and O–H groups in total. The van der Waals surface area contributed by atoms with Crippen molar-refractivity contribution in [2.45, 2.75) is 77.0 Å². The zero-order valence-corrected chi connectivity index (χ0v) is 28.7. The first-order valence-electron chi connectivity index (χ1n) is 17.3. The Morgan fingerprint density at radius 1 is 0.653 bits per heavy atom. The van der Waals surface area contributed by atoms with Crippen LogP contribution in [0.3, 0.4) is 0 Å². The molecule has 0 aromatic heterocycles. The molecule has 4 rings (SSSR count). The van der Waals surface area contributed by atoms with Crippen LogP contribution in [0.15, 0.2) is 91.0 Å². The Kier molecular flexibility index (Phi) is 14.9. The van der Waals surface area contributed by atoms with E-state index >= 15 is 0 Å². The Morgan fingerprint density at radius 3 is 1.61 bits per heavy atom. The van der Waals surface area contributed by atoms with Crippen molar-refractivity contribution in [3.05, 3.63) is 96.6 Å². The highest BCUT2D eigenvalue weighted by Crippen LogP contribution is 2.38. The number of carbonyl (C=O) groups excluding carboxylic acids is 2. The molecule has 3 aromatic rings. The average molecular weight is 671 g/mol. The standard InChI is InChI=1S/C41H50O8/c1-4-5-6-7-8-9-31-10-12-32(13-11-31)33-14-16-34(17-15-33)35-18-20-36(21-19-35)37-22-38(46-27-48-40(44)29(2)25-42)24-39(23-37)47-28-49-41(45)30(3)26-43/h14-24,31-32,42-43H,2-13,25-28H2,1H3. The van der Waals surface area contributed by atoms with Gasteiger partial charge < -0.3 is 29.2 Å². The van der Waals surface area contributed by atoms with Crippen molar-refractivity contribution in [2.24, 2.45) is 5.92 Å². The second kappa shape index (κ2) is 19.6. The minimum Gasteiger partial charge on any atom is -0.457 e. The van der Waals surface area contributed by atoms with Crippen LogP contribution in [0.5, 0.6) is 11.5 Å². The van der Waals surface area contributed by atoms with E-state index in [0.29, 0.717) is 17.4 Å². The van der Waals surface area contributed by atoms with Crippen molar-refractivity contribution in [3.63, 3.8) is 0 Å². The van der Waals surface area contributed by atoms with E-state index in [-0.39, 0.29) is 11.1 Å². The Balaban J connectivity index is 1.39. The summed E-state index contributed by atoms with van der Waals surface area (Å²) in [5.74, 6) is 0.669. The molecule has 262 valence electrons. The van der Waals surface area contributed by atoms with Gasteiger partial charge in [-0.25, -0.2) is 9.59 Å². The molecule has 0 atom stereocenters. The molecule has 0 amide bonds. The van der Waals surface area contributed by atoms with E-state index in [9.17, 15) is 9.59 Å². The van der Waals surface area contributed by atoms with Crippen LogP contribution in [0, 0.1) is 5.92 Å². The summed E-state index contributed by atoms with van der Waals surface area (Å²) in [6, 6.07) is 22.2. The molecule has 0 heterocycles. The number of benzene rings is 3. The number of unbranched alkanes of at least 4 members (excludes halogenated alkanes) is 4. The maximum absolute atomic E-state index is 11.9. The van der Waals surface area contributed by atoms with Crippen LogP contribution >= 0.6 is 0 Å². The number of hydrogen-bond acceptors (Lipinski definition) is 8. The van der Waals surface area contributed by atoms with Crippen LogP contribution in [0.1, 0.15) is 82.6 Å². The molecular weight excluding hydrogens is 620 g/mol. The lowest BCUT2D eigenvalue weighted by molar-refractivity contribution is -0.146. The lowest BCUT2D eigenvalue weighted by atomic mass is 9.77. The average Bonchev–Trinajstić information content (AvgIpc) is 3.14. The van der Waals surface area contributed by atoms with Crippen LogP contribution in [0.4, 0.5) is 0 Å².